The van der Waals surface area contributed by atoms with Crippen LogP contribution < -0.4 is 15.0 Å². The van der Waals surface area contributed by atoms with Crippen LogP contribution in [0, 0.1) is 0 Å². The van der Waals surface area contributed by atoms with Crippen molar-refractivity contribution in [1.82, 2.24) is 24.4 Å². The van der Waals surface area contributed by atoms with Gasteiger partial charge in [0.15, 0.2) is 11.2 Å². The van der Waals surface area contributed by atoms with Gasteiger partial charge in [0.25, 0.3) is 5.56 Å². The van der Waals surface area contributed by atoms with E-state index in [1.54, 1.807) is 30.0 Å². The number of aromatic amines is 1. The Morgan fingerprint density at radius 2 is 1.61 bits per heavy atom. The van der Waals surface area contributed by atoms with Gasteiger partial charge >= 0.3 is 0 Å². The number of imidazole rings is 1. The van der Waals surface area contributed by atoms with E-state index in [1.165, 1.54) is 6.33 Å². The number of fused-ring (bicyclic) bond motifs is 1. The third-order valence-corrected chi connectivity index (χ3v) is 7.98. The number of hydrogen-bond acceptors (Lipinski definition) is 9. The standard InChI is InChI=1S/C34H36N6O6/c1-39(2)20-36-33-37-31-30(32(42)38-33)35-21-40(31)29-18-27(41)28(46-29)19-45-34(22-8-6-5-7-9-22,23-10-14-25(43-3)15-11-23)24-12-16-26(44-4)17-13-24/h5-17,20-21,27-29,41H,18-19H2,1-4H3,(H,37,38,42)/b36-20+/t27-,28-,29-/m1/s1. The molecule has 3 atom stereocenters. The summed E-state index contributed by atoms with van der Waals surface area (Å²) in [5, 5.41) is 11.2. The van der Waals surface area contributed by atoms with E-state index in [-0.39, 0.29) is 24.5 Å². The minimum atomic E-state index is -1.07. The average Bonchev–Trinajstić information content (AvgIpc) is 3.68. The summed E-state index contributed by atoms with van der Waals surface area (Å²) in [5.41, 5.74) is 1.60. The zero-order valence-electron chi connectivity index (χ0n) is 26.0. The maximum absolute atomic E-state index is 12.7. The predicted molar refractivity (Wildman–Crippen MR) is 173 cm³/mol. The topological polar surface area (TPSA) is 136 Å². The number of nitrogens with zero attached hydrogens (tertiary/aromatic N) is 5. The van der Waals surface area contributed by atoms with Crippen LogP contribution in [0.15, 0.2) is 95.0 Å². The summed E-state index contributed by atoms with van der Waals surface area (Å²) < 4.78 is 25.9. The molecule has 238 valence electrons. The van der Waals surface area contributed by atoms with Crippen molar-refractivity contribution in [3.63, 3.8) is 0 Å². The smallest absolute Gasteiger partial charge is 0.280 e. The minimum Gasteiger partial charge on any atom is -0.497 e. The number of H-pyrrole nitrogens is 1. The number of methoxy groups -OCH3 is 2. The Balaban J connectivity index is 1.35. The Morgan fingerprint density at radius 1 is 1.00 bits per heavy atom. The molecule has 0 aliphatic carbocycles. The van der Waals surface area contributed by atoms with Gasteiger partial charge in [-0.25, -0.2) is 9.98 Å². The van der Waals surface area contributed by atoms with Gasteiger partial charge in [0.1, 0.15) is 29.4 Å². The van der Waals surface area contributed by atoms with Crippen LogP contribution in [0.5, 0.6) is 11.5 Å². The summed E-state index contributed by atoms with van der Waals surface area (Å²) in [5.74, 6) is 1.57. The highest BCUT2D eigenvalue weighted by molar-refractivity contribution is 5.71. The molecule has 1 aliphatic rings. The van der Waals surface area contributed by atoms with Crippen molar-refractivity contribution in [1.29, 1.82) is 0 Å². The molecule has 0 saturated carbocycles. The molecule has 0 bridgehead atoms. The van der Waals surface area contributed by atoms with Crippen LogP contribution in [-0.2, 0) is 15.1 Å². The van der Waals surface area contributed by atoms with Gasteiger partial charge in [0.05, 0.1) is 39.6 Å². The van der Waals surface area contributed by atoms with Crippen molar-refractivity contribution in [3.05, 3.63) is 112 Å². The van der Waals surface area contributed by atoms with Gasteiger partial charge in [-0.3, -0.25) is 14.3 Å². The third-order valence-electron chi connectivity index (χ3n) is 7.98. The van der Waals surface area contributed by atoms with Crippen molar-refractivity contribution < 1.29 is 24.1 Å². The summed E-state index contributed by atoms with van der Waals surface area (Å²) in [6, 6.07) is 25.4. The van der Waals surface area contributed by atoms with Crippen molar-refractivity contribution in [2.24, 2.45) is 4.99 Å². The van der Waals surface area contributed by atoms with Gasteiger partial charge in [0.2, 0.25) is 5.95 Å². The van der Waals surface area contributed by atoms with Gasteiger partial charge in [0, 0.05) is 20.5 Å². The van der Waals surface area contributed by atoms with E-state index < -0.39 is 29.6 Å². The molecule has 1 saturated heterocycles. The fourth-order valence-corrected chi connectivity index (χ4v) is 5.67. The molecule has 0 spiro atoms. The van der Waals surface area contributed by atoms with E-state index in [0.717, 1.165) is 16.7 Å². The van der Waals surface area contributed by atoms with E-state index in [9.17, 15) is 9.90 Å². The SMILES string of the molecule is COc1ccc(C(OC[C@H]2O[C@@H](n3cnc4c(=O)[nH]c(/N=C/N(C)C)nc43)C[C@H]2O)(c2ccccc2)c2ccc(OC)cc2)cc1. The molecular weight excluding hydrogens is 588 g/mol. The van der Waals surface area contributed by atoms with Crippen LogP contribution in [0.2, 0.25) is 0 Å². The summed E-state index contributed by atoms with van der Waals surface area (Å²) in [6.45, 7) is 0.0453. The number of benzene rings is 3. The Bertz CT molecular complexity index is 1810. The molecule has 1 fully saturated rings. The van der Waals surface area contributed by atoms with Gasteiger partial charge in [-0.2, -0.15) is 4.98 Å². The van der Waals surface area contributed by atoms with E-state index in [4.69, 9.17) is 18.9 Å². The van der Waals surface area contributed by atoms with E-state index in [0.29, 0.717) is 17.1 Å². The molecule has 0 amide bonds. The predicted octanol–water partition coefficient (Wildman–Crippen LogP) is 4.02. The fraction of sp³-hybridized carbons (Fsp3) is 0.294. The van der Waals surface area contributed by atoms with Crippen molar-refractivity contribution in [2.45, 2.75) is 30.5 Å². The highest BCUT2D eigenvalue weighted by atomic mass is 16.6. The number of rotatable bonds is 11. The van der Waals surface area contributed by atoms with Gasteiger partial charge in [-0.1, -0.05) is 54.6 Å². The van der Waals surface area contributed by atoms with E-state index in [2.05, 4.69) is 19.9 Å². The lowest BCUT2D eigenvalue weighted by Gasteiger charge is -2.37. The zero-order valence-corrected chi connectivity index (χ0v) is 26.0. The summed E-state index contributed by atoms with van der Waals surface area (Å²) in [4.78, 5) is 30.1. The van der Waals surface area contributed by atoms with Crippen LogP contribution in [0.3, 0.4) is 0 Å². The Hall–Kier alpha value is -5.04. The summed E-state index contributed by atoms with van der Waals surface area (Å²) in [7, 11) is 6.88. The maximum atomic E-state index is 12.7. The van der Waals surface area contributed by atoms with Crippen molar-refractivity contribution in [2.75, 3.05) is 34.9 Å². The zero-order chi connectivity index (χ0) is 32.3. The molecule has 5 aromatic rings. The Labute approximate surface area is 265 Å². The van der Waals surface area contributed by atoms with Crippen LogP contribution in [0.25, 0.3) is 11.2 Å². The second-order valence-corrected chi connectivity index (χ2v) is 11.2. The molecule has 12 nitrogen and oxygen atoms in total. The van der Waals surface area contributed by atoms with Crippen molar-refractivity contribution >= 4 is 23.5 Å². The molecular formula is C34H36N6O6. The maximum Gasteiger partial charge on any atom is 0.280 e. The molecule has 46 heavy (non-hydrogen) atoms. The number of ether oxygens (including phenoxy) is 4. The fourth-order valence-electron chi connectivity index (χ4n) is 5.67. The lowest BCUT2D eigenvalue weighted by atomic mass is 9.80. The first-order valence-electron chi connectivity index (χ1n) is 14.8. The first-order valence-corrected chi connectivity index (χ1v) is 14.8. The van der Waals surface area contributed by atoms with Gasteiger partial charge < -0.3 is 29.0 Å². The molecule has 2 aromatic heterocycles. The third kappa shape index (κ3) is 5.97. The van der Waals surface area contributed by atoms with E-state index in [1.807, 2.05) is 93.0 Å². The molecule has 3 heterocycles. The van der Waals surface area contributed by atoms with Crippen LogP contribution in [0.4, 0.5) is 5.95 Å². The lowest BCUT2D eigenvalue weighted by Crippen LogP contribution is -2.38. The molecule has 0 unspecified atom stereocenters. The Morgan fingerprint density at radius 3 is 2.20 bits per heavy atom. The highest BCUT2D eigenvalue weighted by Gasteiger charge is 2.42. The number of aliphatic hydroxyl groups excluding tert-OH is 1. The number of aliphatic imine (C=N–C) groups is 1. The average molecular weight is 625 g/mol. The molecule has 6 rings (SSSR count). The molecule has 12 heteroatoms. The first kappa shape index (κ1) is 31.0. The second kappa shape index (κ2) is 13.1. The van der Waals surface area contributed by atoms with Crippen LogP contribution in [0.1, 0.15) is 29.3 Å². The molecule has 0 radical (unpaired) electrons. The number of aliphatic hydroxyl groups is 1. The summed E-state index contributed by atoms with van der Waals surface area (Å²) in [6.07, 6.45) is 1.08. The number of nitrogens with one attached hydrogen (secondary N) is 1. The van der Waals surface area contributed by atoms with E-state index >= 15 is 0 Å². The first-order chi connectivity index (χ1) is 22.3. The molecule has 3 aromatic carbocycles. The second-order valence-electron chi connectivity index (χ2n) is 11.2. The number of aromatic nitrogens is 4. The normalized spacial score (nSPS) is 18.3. The Kier molecular flexibility index (Phi) is 8.84. The largest absolute Gasteiger partial charge is 0.497 e. The van der Waals surface area contributed by atoms with Gasteiger partial charge in [-0.15, -0.1) is 0 Å². The van der Waals surface area contributed by atoms with Crippen molar-refractivity contribution in [3.8, 4) is 11.5 Å². The van der Waals surface area contributed by atoms with Crippen LogP contribution >= 0.6 is 0 Å². The summed E-state index contributed by atoms with van der Waals surface area (Å²) >= 11 is 0. The lowest BCUT2D eigenvalue weighted by molar-refractivity contribution is -0.0931. The molecule has 2 N–H and O–H groups in total. The van der Waals surface area contributed by atoms with Gasteiger partial charge in [-0.05, 0) is 41.0 Å². The van der Waals surface area contributed by atoms with Crippen LogP contribution in [-0.4, -0.2) is 83.0 Å². The quantitative estimate of drug-likeness (QED) is 0.127. The monoisotopic (exact) mass is 624 g/mol. The minimum absolute atomic E-state index is 0.0453. The number of hydrogen-bond donors (Lipinski definition) is 2. The highest BCUT2D eigenvalue weighted by Crippen LogP contribution is 2.43. The molecule has 1 aliphatic heterocycles.